The fourth-order valence-electron chi connectivity index (χ4n) is 3.60. The fraction of sp³-hybridized carbons (Fsp3) is 0.529. The third-order valence-electron chi connectivity index (χ3n) is 4.95. The molecule has 0 unspecified atom stereocenters. The van der Waals surface area contributed by atoms with Gasteiger partial charge in [-0.25, -0.2) is 19.9 Å². The Morgan fingerprint density at radius 3 is 2.27 bits per heavy atom. The van der Waals surface area contributed by atoms with Gasteiger partial charge in [-0.2, -0.15) is 13.2 Å². The number of nitrogens with zero attached hydrogens (tertiary/aromatic N) is 6. The molecule has 0 saturated carbocycles. The maximum absolute atomic E-state index is 12.8. The minimum Gasteiger partial charge on any atom is -0.353 e. The molecule has 2 aliphatic rings. The van der Waals surface area contributed by atoms with E-state index >= 15 is 0 Å². The third kappa shape index (κ3) is 3.30. The summed E-state index contributed by atoms with van der Waals surface area (Å²) in [5, 5.41) is 0. The molecule has 0 atom stereocenters. The van der Waals surface area contributed by atoms with Crippen LogP contribution in [0.5, 0.6) is 0 Å². The largest absolute Gasteiger partial charge is 0.433 e. The molecule has 1 saturated heterocycles. The zero-order chi connectivity index (χ0) is 18.1. The molecule has 138 valence electrons. The van der Waals surface area contributed by atoms with E-state index in [1.54, 1.807) is 6.33 Å². The van der Waals surface area contributed by atoms with Crippen molar-refractivity contribution in [3.63, 3.8) is 0 Å². The van der Waals surface area contributed by atoms with Crippen molar-refractivity contribution in [2.75, 3.05) is 36.0 Å². The van der Waals surface area contributed by atoms with Gasteiger partial charge >= 0.3 is 6.18 Å². The standard InChI is InChI=1S/C17H19F3N6/c18-17(19,20)14-9-15(23-11-22-14)25-5-7-26(8-6-25)16-12-3-1-2-4-13(12)21-10-24-16/h9-11H,1-8H2. The van der Waals surface area contributed by atoms with Crippen molar-refractivity contribution in [1.29, 1.82) is 0 Å². The summed E-state index contributed by atoms with van der Waals surface area (Å²) in [7, 11) is 0. The first-order valence-electron chi connectivity index (χ1n) is 8.74. The van der Waals surface area contributed by atoms with Gasteiger partial charge in [-0.15, -0.1) is 0 Å². The second kappa shape index (κ2) is 6.69. The highest BCUT2D eigenvalue weighted by Gasteiger charge is 2.33. The number of aryl methyl sites for hydroxylation is 1. The third-order valence-corrected chi connectivity index (χ3v) is 4.95. The second-order valence-corrected chi connectivity index (χ2v) is 6.56. The molecular formula is C17H19F3N6. The molecule has 0 aromatic carbocycles. The van der Waals surface area contributed by atoms with Crippen LogP contribution in [0.2, 0.25) is 0 Å². The van der Waals surface area contributed by atoms with E-state index in [0.717, 1.165) is 49.6 Å². The number of alkyl halides is 3. The minimum absolute atomic E-state index is 0.316. The summed E-state index contributed by atoms with van der Waals surface area (Å²) < 4.78 is 38.5. The van der Waals surface area contributed by atoms with Crippen molar-refractivity contribution in [3.05, 3.63) is 35.7 Å². The van der Waals surface area contributed by atoms with E-state index < -0.39 is 11.9 Å². The van der Waals surface area contributed by atoms with Crippen LogP contribution in [0.15, 0.2) is 18.7 Å². The average Bonchev–Trinajstić information content (AvgIpc) is 2.67. The molecule has 2 aromatic heterocycles. The maximum Gasteiger partial charge on any atom is 0.433 e. The number of aromatic nitrogens is 4. The molecule has 26 heavy (non-hydrogen) atoms. The molecule has 0 bridgehead atoms. The Bertz CT molecular complexity index is 786. The van der Waals surface area contributed by atoms with Crippen molar-refractivity contribution in [3.8, 4) is 0 Å². The molecule has 1 aliphatic carbocycles. The number of piperazine rings is 1. The lowest BCUT2D eigenvalue weighted by atomic mass is 9.96. The van der Waals surface area contributed by atoms with E-state index in [0.29, 0.717) is 32.0 Å². The SMILES string of the molecule is FC(F)(F)c1cc(N2CCN(c3ncnc4c3CCCC4)CC2)ncn1. The average molecular weight is 364 g/mol. The second-order valence-electron chi connectivity index (χ2n) is 6.56. The zero-order valence-corrected chi connectivity index (χ0v) is 14.2. The van der Waals surface area contributed by atoms with E-state index in [1.165, 1.54) is 5.56 Å². The molecule has 0 spiro atoms. The topological polar surface area (TPSA) is 58.0 Å². The molecule has 2 aromatic rings. The number of hydrogen-bond donors (Lipinski definition) is 0. The molecule has 4 rings (SSSR count). The lowest BCUT2D eigenvalue weighted by molar-refractivity contribution is -0.141. The molecular weight excluding hydrogens is 345 g/mol. The molecule has 3 heterocycles. The summed E-state index contributed by atoms with van der Waals surface area (Å²) in [6, 6.07) is 1.02. The zero-order valence-electron chi connectivity index (χ0n) is 14.2. The van der Waals surface area contributed by atoms with Gasteiger partial charge in [0.2, 0.25) is 0 Å². The van der Waals surface area contributed by atoms with Gasteiger partial charge in [0.1, 0.15) is 30.0 Å². The van der Waals surface area contributed by atoms with Crippen LogP contribution < -0.4 is 9.80 Å². The van der Waals surface area contributed by atoms with Crippen LogP contribution in [0.3, 0.4) is 0 Å². The summed E-state index contributed by atoms with van der Waals surface area (Å²) in [4.78, 5) is 20.3. The van der Waals surface area contributed by atoms with Gasteiger partial charge in [-0.1, -0.05) is 0 Å². The van der Waals surface area contributed by atoms with E-state index in [2.05, 4.69) is 24.8 Å². The monoisotopic (exact) mass is 364 g/mol. The van der Waals surface area contributed by atoms with Crippen LogP contribution in [0.1, 0.15) is 29.8 Å². The summed E-state index contributed by atoms with van der Waals surface area (Å²) in [6.07, 6.45) is 2.43. The van der Waals surface area contributed by atoms with Crippen LogP contribution >= 0.6 is 0 Å². The van der Waals surface area contributed by atoms with Crippen LogP contribution in [0.25, 0.3) is 0 Å². The summed E-state index contributed by atoms with van der Waals surface area (Å²) in [6.45, 7) is 2.56. The molecule has 9 heteroatoms. The van der Waals surface area contributed by atoms with Crippen molar-refractivity contribution in [2.24, 2.45) is 0 Å². The smallest absolute Gasteiger partial charge is 0.353 e. The van der Waals surface area contributed by atoms with Crippen molar-refractivity contribution < 1.29 is 13.2 Å². The van der Waals surface area contributed by atoms with Crippen LogP contribution in [-0.4, -0.2) is 46.1 Å². The lowest BCUT2D eigenvalue weighted by Crippen LogP contribution is -2.47. The number of fused-ring (bicyclic) bond motifs is 1. The number of anilines is 2. The van der Waals surface area contributed by atoms with Gasteiger partial charge in [-0.3, -0.25) is 0 Å². The van der Waals surface area contributed by atoms with Gasteiger partial charge in [0.25, 0.3) is 0 Å². The summed E-state index contributed by atoms with van der Waals surface area (Å²) >= 11 is 0. The molecule has 1 aliphatic heterocycles. The Balaban J connectivity index is 1.49. The van der Waals surface area contributed by atoms with Gasteiger partial charge in [-0.05, 0) is 25.7 Å². The number of hydrogen-bond acceptors (Lipinski definition) is 6. The first kappa shape index (κ1) is 17.0. The van der Waals surface area contributed by atoms with Crippen molar-refractivity contribution in [2.45, 2.75) is 31.9 Å². The molecule has 1 fully saturated rings. The predicted octanol–water partition coefficient (Wildman–Crippen LogP) is 2.49. The molecule has 0 amide bonds. The Morgan fingerprint density at radius 1 is 0.808 bits per heavy atom. The first-order valence-corrected chi connectivity index (χ1v) is 8.74. The summed E-state index contributed by atoms with van der Waals surface area (Å²) in [5.74, 6) is 1.30. The molecule has 0 N–H and O–H groups in total. The number of halogens is 3. The highest BCUT2D eigenvalue weighted by molar-refractivity contribution is 5.51. The highest BCUT2D eigenvalue weighted by atomic mass is 19.4. The van der Waals surface area contributed by atoms with Crippen molar-refractivity contribution in [1.82, 2.24) is 19.9 Å². The maximum atomic E-state index is 12.8. The van der Waals surface area contributed by atoms with Crippen LogP contribution in [0, 0.1) is 0 Å². The van der Waals surface area contributed by atoms with Crippen LogP contribution in [-0.2, 0) is 19.0 Å². The first-order chi connectivity index (χ1) is 12.5. The fourth-order valence-corrected chi connectivity index (χ4v) is 3.60. The lowest BCUT2D eigenvalue weighted by Gasteiger charge is -2.37. The normalized spacial score (nSPS) is 18.0. The predicted molar refractivity (Wildman–Crippen MR) is 90.1 cm³/mol. The summed E-state index contributed by atoms with van der Waals surface area (Å²) in [5.41, 5.74) is 1.46. The highest BCUT2D eigenvalue weighted by Crippen LogP contribution is 2.30. The van der Waals surface area contributed by atoms with E-state index in [1.807, 2.05) is 4.90 Å². The van der Waals surface area contributed by atoms with Gasteiger partial charge in [0, 0.05) is 43.5 Å². The van der Waals surface area contributed by atoms with Gasteiger partial charge in [0.05, 0.1) is 0 Å². The van der Waals surface area contributed by atoms with E-state index in [4.69, 9.17) is 0 Å². The number of rotatable bonds is 2. The Kier molecular flexibility index (Phi) is 4.37. The Hall–Kier alpha value is -2.45. The van der Waals surface area contributed by atoms with E-state index in [9.17, 15) is 13.2 Å². The van der Waals surface area contributed by atoms with Gasteiger partial charge in [0.15, 0.2) is 0 Å². The molecule has 0 radical (unpaired) electrons. The van der Waals surface area contributed by atoms with Crippen molar-refractivity contribution >= 4 is 11.6 Å². The van der Waals surface area contributed by atoms with Crippen LogP contribution in [0.4, 0.5) is 24.8 Å². The Labute approximate surface area is 149 Å². The Morgan fingerprint density at radius 2 is 1.50 bits per heavy atom. The molecule has 6 nitrogen and oxygen atoms in total. The van der Waals surface area contributed by atoms with E-state index in [-0.39, 0.29) is 0 Å². The van der Waals surface area contributed by atoms with Gasteiger partial charge < -0.3 is 9.80 Å². The quantitative estimate of drug-likeness (QED) is 0.816. The minimum atomic E-state index is -4.46.